The number of benzene rings is 1. The number of aromatic hydroxyl groups is 1. The summed E-state index contributed by atoms with van der Waals surface area (Å²) in [5.41, 5.74) is 6.46. The lowest BCUT2D eigenvalue weighted by Crippen LogP contribution is -2.08. The highest BCUT2D eigenvalue weighted by molar-refractivity contribution is 5.47. The minimum atomic E-state index is -0.318. The number of nitrogens with two attached hydrogens (primary N) is 1. The zero-order valence-corrected chi connectivity index (χ0v) is 7.53. The normalized spacial score (nSPS) is 12.2. The predicted molar refractivity (Wildman–Crippen MR) is 51.8 cm³/mol. The fourth-order valence-electron chi connectivity index (χ4n) is 1.15. The third kappa shape index (κ3) is 1.81. The minimum absolute atomic E-state index is 0.0947. The van der Waals surface area contributed by atoms with Crippen LogP contribution in [-0.2, 0) is 0 Å². The molecule has 0 heterocycles. The van der Waals surface area contributed by atoms with Gasteiger partial charge < -0.3 is 15.6 Å². The Bertz CT molecular complexity index is 310. The van der Waals surface area contributed by atoms with Crippen molar-refractivity contribution < 1.29 is 9.84 Å². The molecular weight excluding hydrogens is 166 g/mol. The van der Waals surface area contributed by atoms with Gasteiger partial charge >= 0.3 is 0 Å². The number of hydrogen-bond donors (Lipinski definition) is 2. The van der Waals surface area contributed by atoms with Gasteiger partial charge in [0.25, 0.3) is 0 Å². The van der Waals surface area contributed by atoms with Crippen LogP contribution in [0.1, 0.15) is 11.6 Å². The van der Waals surface area contributed by atoms with Crippen LogP contribution in [0.3, 0.4) is 0 Å². The Labute approximate surface area is 77.4 Å². The topological polar surface area (TPSA) is 55.5 Å². The van der Waals surface area contributed by atoms with Crippen LogP contribution in [0, 0.1) is 0 Å². The Hall–Kier alpha value is -1.48. The summed E-state index contributed by atoms with van der Waals surface area (Å²) in [5.74, 6) is 0.507. The lowest BCUT2D eigenvalue weighted by molar-refractivity contribution is 0.368. The van der Waals surface area contributed by atoms with E-state index in [9.17, 15) is 5.11 Å². The molecule has 70 valence electrons. The number of methoxy groups -OCH3 is 1. The zero-order valence-electron chi connectivity index (χ0n) is 7.53. The summed E-state index contributed by atoms with van der Waals surface area (Å²) in [4.78, 5) is 0. The fourth-order valence-corrected chi connectivity index (χ4v) is 1.15. The average molecular weight is 179 g/mol. The summed E-state index contributed by atoms with van der Waals surface area (Å²) >= 11 is 0. The molecule has 13 heavy (non-hydrogen) atoms. The molecule has 0 aromatic heterocycles. The SMILES string of the molecule is C=C[C@@H](N)c1cccc(O)c1OC. The van der Waals surface area contributed by atoms with Crippen LogP contribution in [0.5, 0.6) is 11.5 Å². The Balaban J connectivity index is 3.19. The monoisotopic (exact) mass is 179 g/mol. The molecule has 0 aliphatic carbocycles. The largest absolute Gasteiger partial charge is 0.504 e. The Morgan fingerprint density at radius 2 is 2.31 bits per heavy atom. The van der Waals surface area contributed by atoms with Gasteiger partial charge in [0.05, 0.1) is 13.2 Å². The number of para-hydroxylation sites is 1. The third-order valence-electron chi connectivity index (χ3n) is 1.84. The molecule has 1 aromatic carbocycles. The maximum Gasteiger partial charge on any atom is 0.165 e. The summed E-state index contributed by atoms with van der Waals surface area (Å²) in [5, 5.41) is 9.42. The van der Waals surface area contributed by atoms with Crippen LogP contribution in [0.25, 0.3) is 0 Å². The van der Waals surface area contributed by atoms with E-state index in [4.69, 9.17) is 10.5 Å². The number of hydrogen-bond acceptors (Lipinski definition) is 3. The van der Waals surface area contributed by atoms with E-state index in [1.165, 1.54) is 7.11 Å². The van der Waals surface area contributed by atoms with Gasteiger partial charge in [-0.05, 0) is 6.07 Å². The lowest BCUT2D eigenvalue weighted by Gasteiger charge is -2.12. The maximum absolute atomic E-state index is 9.42. The molecule has 3 heteroatoms. The molecule has 0 unspecified atom stereocenters. The van der Waals surface area contributed by atoms with E-state index < -0.39 is 0 Å². The molecule has 0 aliphatic heterocycles. The van der Waals surface area contributed by atoms with E-state index in [0.29, 0.717) is 5.75 Å². The van der Waals surface area contributed by atoms with E-state index in [1.54, 1.807) is 24.3 Å². The van der Waals surface area contributed by atoms with Gasteiger partial charge in [-0.1, -0.05) is 18.2 Å². The molecule has 0 fully saturated rings. The molecule has 1 rings (SSSR count). The van der Waals surface area contributed by atoms with Gasteiger partial charge in [0.15, 0.2) is 11.5 Å². The molecule has 0 radical (unpaired) electrons. The smallest absolute Gasteiger partial charge is 0.165 e. The molecule has 3 N–H and O–H groups in total. The van der Waals surface area contributed by atoms with E-state index in [-0.39, 0.29) is 11.8 Å². The Morgan fingerprint density at radius 1 is 1.62 bits per heavy atom. The lowest BCUT2D eigenvalue weighted by atomic mass is 10.1. The van der Waals surface area contributed by atoms with Crippen molar-refractivity contribution in [2.75, 3.05) is 7.11 Å². The summed E-state index contributed by atoms with van der Waals surface area (Å²) in [6.07, 6.45) is 1.59. The van der Waals surface area contributed by atoms with Gasteiger partial charge in [0, 0.05) is 5.56 Å². The van der Waals surface area contributed by atoms with Crippen molar-refractivity contribution in [2.24, 2.45) is 5.73 Å². The third-order valence-corrected chi connectivity index (χ3v) is 1.84. The second-order valence-corrected chi connectivity index (χ2v) is 2.66. The van der Waals surface area contributed by atoms with Gasteiger partial charge in [0.2, 0.25) is 0 Å². The van der Waals surface area contributed by atoms with Crippen molar-refractivity contribution in [1.29, 1.82) is 0 Å². The van der Waals surface area contributed by atoms with Crippen LogP contribution >= 0.6 is 0 Å². The zero-order chi connectivity index (χ0) is 9.84. The first-order valence-electron chi connectivity index (χ1n) is 3.94. The van der Waals surface area contributed by atoms with Crippen molar-refractivity contribution in [2.45, 2.75) is 6.04 Å². The predicted octanol–water partition coefficient (Wildman–Crippen LogP) is 1.59. The summed E-state index contributed by atoms with van der Waals surface area (Å²) in [6.45, 7) is 3.58. The van der Waals surface area contributed by atoms with Crippen molar-refractivity contribution in [3.63, 3.8) is 0 Å². The number of ether oxygens (including phenoxy) is 1. The first-order valence-corrected chi connectivity index (χ1v) is 3.94. The van der Waals surface area contributed by atoms with Gasteiger partial charge in [0.1, 0.15) is 0 Å². The number of phenolic OH excluding ortho intramolecular Hbond substituents is 1. The Morgan fingerprint density at radius 3 is 2.85 bits per heavy atom. The van der Waals surface area contributed by atoms with Crippen LogP contribution < -0.4 is 10.5 Å². The molecule has 3 nitrogen and oxygen atoms in total. The number of rotatable bonds is 3. The van der Waals surface area contributed by atoms with Crippen LogP contribution in [-0.4, -0.2) is 12.2 Å². The van der Waals surface area contributed by atoms with Crippen LogP contribution in [0.4, 0.5) is 0 Å². The molecule has 0 saturated heterocycles. The summed E-state index contributed by atoms with van der Waals surface area (Å²) < 4.78 is 5.02. The van der Waals surface area contributed by atoms with Gasteiger partial charge in [-0.3, -0.25) is 0 Å². The van der Waals surface area contributed by atoms with E-state index in [2.05, 4.69) is 6.58 Å². The first kappa shape index (κ1) is 9.61. The molecule has 1 atom stereocenters. The van der Waals surface area contributed by atoms with Crippen molar-refractivity contribution >= 4 is 0 Å². The summed E-state index contributed by atoms with van der Waals surface area (Å²) in [6, 6.07) is 4.75. The van der Waals surface area contributed by atoms with Crippen molar-refractivity contribution in [3.05, 3.63) is 36.4 Å². The van der Waals surface area contributed by atoms with Crippen molar-refractivity contribution in [1.82, 2.24) is 0 Å². The molecular formula is C10H13NO2. The highest BCUT2D eigenvalue weighted by Gasteiger charge is 2.11. The first-order chi connectivity index (χ1) is 6.20. The highest BCUT2D eigenvalue weighted by atomic mass is 16.5. The second kappa shape index (κ2) is 3.96. The van der Waals surface area contributed by atoms with Crippen LogP contribution in [0.2, 0.25) is 0 Å². The second-order valence-electron chi connectivity index (χ2n) is 2.66. The van der Waals surface area contributed by atoms with Gasteiger partial charge in [-0.15, -0.1) is 6.58 Å². The fraction of sp³-hybridized carbons (Fsp3) is 0.200. The highest BCUT2D eigenvalue weighted by Crippen LogP contribution is 2.32. The maximum atomic E-state index is 9.42. The standard InChI is InChI=1S/C10H13NO2/c1-3-8(11)7-5-4-6-9(12)10(7)13-2/h3-6,8,12H,1,11H2,2H3/t8-/m1/s1. The molecule has 1 aromatic rings. The molecule has 0 saturated carbocycles. The Kier molecular flexibility index (Phi) is 2.93. The molecule has 0 bridgehead atoms. The number of phenols is 1. The van der Waals surface area contributed by atoms with Gasteiger partial charge in [-0.25, -0.2) is 0 Å². The molecule has 0 aliphatic rings. The summed E-state index contributed by atoms with van der Waals surface area (Å²) in [7, 11) is 1.49. The van der Waals surface area contributed by atoms with Crippen molar-refractivity contribution in [3.8, 4) is 11.5 Å². The van der Waals surface area contributed by atoms with E-state index in [0.717, 1.165) is 5.56 Å². The minimum Gasteiger partial charge on any atom is -0.504 e. The van der Waals surface area contributed by atoms with E-state index in [1.807, 2.05) is 0 Å². The average Bonchev–Trinajstić information content (AvgIpc) is 2.16. The molecule has 0 spiro atoms. The van der Waals surface area contributed by atoms with E-state index >= 15 is 0 Å². The van der Waals surface area contributed by atoms with Gasteiger partial charge in [-0.2, -0.15) is 0 Å². The van der Waals surface area contributed by atoms with Crippen LogP contribution in [0.15, 0.2) is 30.9 Å². The quantitative estimate of drug-likeness (QED) is 0.693. The molecule has 0 amide bonds.